The van der Waals surface area contributed by atoms with Crippen LogP contribution in [0.1, 0.15) is 24.7 Å². The molecule has 1 saturated heterocycles. The second-order valence-electron chi connectivity index (χ2n) is 6.20. The van der Waals surface area contributed by atoms with Crippen molar-refractivity contribution in [3.8, 4) is 10.8 Å². The topological polar surface area (TPSA) is 76.3 Å². The van der Waals surface area contributed by atoms with Gasteiger partial charge in [-0.15, -0.1) is 21.5 Å². The lowest BCUT2D eigenvalue weighted by atomic mass is 10.00. The Kier molecular flexibility index (Phi) is 4.79. The summed E-state index contributed by atoms with van der Waals surface area (Å²) in [6.07, 6.45) is 1.31. The van der Waals surface area contributed by atoms with E-state index in [1.807, 2.05) is 17.5 Å². The normalized spacial score (nSPS) is 18.7. The Morgan fingerprint density at radius 3 is 2.78 bits per heavy atom. The molecule has 0 saturated carbocycles. The van der Waals surface area contributed by atoms with Crippen molar-refractivity contribution in [2.45, 2.75) is 23.7 Å². The van der Waals surface area contributed by atoms with Crippen LogP contribution in [0.15, 0.2) is 45.0 Å². The van der Waals surface area contributed by atoms with Gasteiger partial charge in [0, 0.05) is 13.1 Å². The second kappa shape index (κ2) is 7.10. The summed E-state index contributed by atoms with van der Waals surface area (Å²) in [6.45, 7) is 0.442. The first kappa shape index (κ1) is 18.2. The van der Waals surface area contributed by atoms with E-state index < -0.39 is 21.7 Å². The number of rotatable bonds is 4. The number of piperidine rings is 1. The Hall–Kier alpha value is -2.17. The summed E-state index contributed by atoms with van der Waals surface area (Å²) < 4.78 is 59.1. The smallest absolute Gasteiger partial charge is 0.257 e. The van der Waals surface area contributed by atoms with E-state index in [4.69, 9.17) is 4.42 Å². The molecule has 2 aromatic heterocycles. The molecule has 3 heterocycles. The number of nitrogens with zero attached hydrogens (tertiary/aromatic N) is 3. The maximum absolute atomic E-state index is 13.5. The van der Waals surface area contributed by atoms with E-state index >= 15 is 0 Å². The van der Waals surface area contributed by atoms with Crippen LogP contribution in [-0.4, -0.2) is 36.0 Å². The highest BCUT2D eigenvalue weighted by atomic mass is 32.2. The van der Waals surface area contributed by atoms with Gasteiger partial charge in [0.2, 0.25) is 15.9 Å². The molecule has 0 spiro atoms. The van der Waals surface area contributed by atoms with Crippen molar-refractivity contribution in [2.24, 2.45) is 0 Å². The minimum atomic E-state index is -3.94. The molecule has 3 aromatic rings. The Balaban J connectivity index is 1.56. The third kappa shape index (κ3) is 3.52. The summed E-state index contributed by atoms with van der Waals surface area (Å²) in [5.74, 6) is -1.75. The monoisotopic (exact) mass is 411 g/mol. The number of benzene rings is 1. The summed E-state index contributed by atoms with van der Waals surface area (Å²) in [5, 5.41) is 10.0. The predicted molar refractivity (Wildman–Crippen MR) is 94.7 cm³/mol. The Bertz CT molecular complexity index is 1050. The first-order chi connectivity index (χ1) is 12.9. The van der Waals surface area contributed by atoms with E-state index in [0.29, 0.717) is 37.2 Å². The molecular formula is C17H15F2N3O3S2. The number of thiophene rings is 1. The van der Waals surface area contributed by atoms with Crippen molar-refractivity contribution >= 4 is 21.4 Å². The minimum absolute atomic E-state index is 0.146. The highest BCUT2D eigenvalue weighted by Crippen LogP contribution is 2.32. The van der Waals surface area contributed by atoms with Crippen LogP contribution in [-0.2, 0) is 10.0 Å². The Morgan fingerprint density at radius 1 is 1.19 bits per heavy atom. The number of hydrogen-bond donors (Lipinski definition) is 0. The van der Waals surface area contributed by atoms with Crippen LogP contribution in [0.5, 0.6) is 0 Å². The van der Waals surface area contributed by atoms with Crippen LogP contribution in [0.4, 0.5) is 8.78 Å². The van der Waals surface area contributed by atoms with Crippen molar-refractivity contribution in [3.05, 3.63) is 53.2 Å². The SMILES string of the molecule is O=S(=O)(c1ccc(F)c(F)c1)N1CCC[C@H](c2nnc(-c3cccs3)o2)C1. The van der Waals surface area contributed by atoms with Crippen LogP contribution in [0.25, 0.3) is 10.8 Å². The van der Waals surface area contributed by atoms with Gasteiger partial charge >= 0.3 is 0 Å². The maximum Gasteiger partial charge on any atom is 0.257 e. The van der Waals surface area contributed by atoms with Gasteiger partial charge in [-0.3, -0.25) is 0 Å². The minimum Gasteiger partial charge on any atom is -0.420 e. The van der Waals surface area contributed by atoms with Crippen molar-refractivity contribution in [2.75, 3.05) is 13.1 Å². The van der Waals surface area contributed by atoms with Crippen LogP contribution in [0.2, 0.25) is 0 Å². The van der Waals surface area contributed by atoms with Gasteiger partial charge in [0.25, 0.3) is 5.89 Å². The fourth-order valence-corrected chi connectivity index (χ4v) is 5.23. The maximum atomic E-state index is 13.5. The zero-order valence-corrected chi connectivity index (χ0v) is 15.6. The molecule has 1 aromatic carbocycles. The van der Waals surface area contributed by atoms with Gasteiger partial charge in [-0.05, 0) is 42.5 Å². The van der Waals surface area contributed by atoms with E-state index in [1.165, 1.54) is 15.6 Å². The zero-order chi connectivity index (χ0) is 19.0. The highest BCUT2D eigenvalue weighted by Gasteiger charge is 2.33. The summed E-state index contributed by atoms with van der Waals surface area (Å²) in [7, 11) is -3.94. The molecule has 1 atom stereocenters. The summed E-state index contributed by atoms with van der Waals surface area (Å²) in [6, 6.07) is 6.33. The average molecular weight is 411 g/mol. The molecule has 0 unspecified atom stereocenters. The van der Waals surface area contributed by atoms with Gasteiger partial charge in [-0.25, -0.2) is 17.2 Å². The number of hydrogen-bond acceptors (Lipinski definition) is 6. The van der Waals surface area contributed by atoms with Crippen LogP contribution in [0, 0.1) is 11.6 Å². The molecule has 0 aliphatic carbocycles. The van der Waals surface area contributed by atoms with E-state index in [2.05, 4.69) is 10.2 Å². The molecule has 1 fully saturated rings. The van der Waals surface area contributed by atoms with E-state index in [9.17, 15) is 17.2 Å². The molecule has 0 N–H and O–H groups in total. The number of aromatic nitrogens is 2. The molecule has 6 nitrogen and oxygen atoms in total. The zero-order valence-electron chi connectivity index (χ0n) is 14.0. The molecule has 10 heteroatoms. The molecule has 1 aliphatic heterocycles. The lowest BCUT2D eigenvalue weighted by Crippen LogP contribution is -2.39. The van der Waals surface area contributed by atoms with Gasteiger partial charge in [-0.2, -0.15) is 4.31 Å². The van der Waals surface area contributed by atoms with E-state index in [1.54, 1.807) is 0 Å². The van der Waals surface area contributed by atoms with E-state index in [-0.39, 0.29) is 17.4 Å². The highest BCUT2D eigenvalue weighted by molar-refractivity contribution is 7.89. The third-order valence-electron chi connectivity index (χ3n) is 4.43. The molecule has 1 aliphatic rings. The van der Waals surface area contributed by atoms with Crippen molar-refractivity contribution in [1.29, 1.82) is 0 Å². The van der Waals surface area contributed by atoms with Gasteiger partial charge in [0.15, 0.2) is 11.6 Å². The van der Waals surface area contributed by atoms with Gasteiger partial charge in [0.1, 0.15) is 0 Å². The third-order valence-corrected chi connectivity index (χ3v) is 7.15. The molecule has 0 amide bonds. The number of sulfonamides is 1. The average Bonchev–Trinajstić information content (AvgIpc) is 3.35. The lowest BCUT2D eigenvalue weighted by molar-refractivity contribution is 0.286. The quantitative estimate of drug-likeness (QED) is 0.655. The predicted octanol–water partition coefficient (Wildman–Crippen LogP) is 3.64. The fourth-order valence-electron chi connectivity index (χ4n) is 3.05. The van der Waals surface area contributed by atoms with Gasteiger partial charge < -0.3 is 4.42 Å². The van der Waals surface area contributed by atoms with Gasteiger partial charge in [-0.1, -0.05) is 6.07 Å². The first-order valence-corrected chi connectivity index (χ1v) is 10.6. The first-order valence-electron chi connectivity index (χ1n) is 8.27. The van der Waals surface area contributed by atoms with E-state index in [0.717, 1.165) is 17.0 Å². The van der Waals surface area contributed by atoms with Crippen molar-refractivity contribution in [1.82, 2.24) is 14.5 Å². The summed E-state index contributed by atoms with van der Waals surface area (Å²) in [4.78, 5) is 0.572. The van der Waals surface area contributed by atoms with Crippen LogP contribution < -0.4 is 0 Å². The largest absolute Gasteiger partial charge is 0.420 e. The van der Waals surface area contributed by atoms with Crippen molar-refractivity contribution < 1.29 is 21.6 Å². The van der Waals surface area contributed by atoms with Gasteiger partial charge in [0.05, 0.1) is 15.7 Å². The molecule has 142 valence electrons. The fraction of sp³-hybridized carbons (Fsp3) is 0.294. The Labute approximate surface area is 158 Å². The molecule has 27 heavy (non-hydrogen) atoms. The summed E-state index contributed by atoms with van der Waals surface area (Å²) >= 11 is 1.47. The molecular weight excluding hydrogens is 396 g/mol. The molecule has 0 radical (unpaired) electrons. The van der Waals surface area contributed by atoms with Crippen LogP contribution >= 0.6 is 11.3 Å². The van der Waals surface area contributed by atoms with Crippen molar-refractivity contribution in [3.63, 3.8) is 0 Å². The molecule has 0 bridgehead atoms. The summed E-state index contributed by atoms with van der Waals surface area (Å²) in [5.41, 5.74) is 0. The lowest BCUT2D eigenvalue weighted by Gasteiger charge is -2.30. The standard InChI is InChI=1S/C17H15F2N3O3S2/c18-13-6-5-12(9-14(13)19)27(23,24)22-7-1-3-11(10-22)16-20-21-17(25-16)15-4-2-8-26-15/h2,4-6,8-9,11H,1,3,7,10H2/t11-/m0/s1. The Morgan fingerprint density at radius 2 is 2.04 bits per heavy atom. The molecule has 4 rings (SSSR count). The second-order valence-corrected chi connectivity index (χ2v) is 9.09. The van der Waals surface area contributed by atoms with Crippen LogP contribution in [0.3, 0.4) is 0 Å². The number of halogens is 2.